The number of rotatable bonds is 7. The predicted octanol–water partition coefficient (Wildman–Crippen LogP) is 2.31. The van der Waals surface area contributed by atoms with Gasteiger partial charge in [0.2, 0.25) is 0 Å². The summed E-state index contributed by atoms with van der Waals surface area (Å²) < 4.78 is 10.2. The van der Waals surface area contributed by atoms with Crippen molar-refractivity contribution in [3.05, 3.63) is 11.1 Å². The Morgan fingerprint density at radius 3 is 2.00 bits per heavy atom. The first-order valence-corrected chi connectivity index (χ1v) is 6.28. The van der Waals surface area contributed by atoms with Crippen LogP contribution in [0.3, 0.4) is 0 Å². The molecule has 0 aliphatic rings. The van der Waals surface area contributed by atoms with Crippen molar-refractivity contribution in [1.82, 2.24) is 0 Å². The number of esters is 2. The van der Waals surface area contributed by atoms with Crippen molar-refractivity contribution in [2.24, 2.45) is 5.41 Å². The minimum absolute atomic E-state index is 0.0295. The molecule has 0 aliphatic heterocycles. The van der Waals surface area contributed by atoms with Gasteiger partial charge in [0.15, 0.2) is 5.41 Å². The zero-order valence-electron chi connectivity index (χ0n) is 10.5. The number of hydrogen-bond donors (Lipinski definition) is 0. The number of carbonyl (C=O) groups is 2. The summed E-state index contributed by atoms with van der Waals surface area (Å²) in [4.78, 5) is 23.9. The molecule has 0 N–H and O–H groups in total. The molecule has 0 atom stereocenters. The Labute approximate surface area is 115 Å². The second-order valence-corrected chi connectivity index (χ2v) is 4.67. The van der Waals surface area contributed by atoms with Gasteiger partial charge in [0.25, 0.3) is 0 Å². The van der Waals surface area contributed by atoms with Crippen LogP contribution in [0.15, 0.2) is 11.1 Å². The van der Waals surface area contributed by atoms with Crippen molar-refractivity contribution in [1.29, 1.82) is 5.26 Å². The van der Waals surface area contributed by atoms with Crippen LogP contribution in [0.2, 0.25) is 0 Å². The summed E-state index contributed by atoms with van der Waals surface area (Å²) in [6.07, 6.45) is -0.340. The van der Waals surface area contributed by atoms with Gasteiger partial charge in [-0.2, -0.15) is 5.26 Å². The number of carbonyl (C=O) groups excluding carboxylic acids is 2. The highest BCUT2D eigenvalue weighted by molar-refractivity contribution is 9.11. The molecule has 5 nitrogen and oxygen atoms in total. The van der Waals surface area contributed by atoms with Gasteiger partial charge in [-0.1, -0.05) is 22.5 Å². The SMILES string of the molecule is C=C(Br)CC(CC#N)(C(=O)OCC)C(=O)OCC. The van der Waals surface area contributed by atoms with Gasteiger partial charge >= 0.3 is 11.9 Å². The summed E-state index contributed by atoms with van der Waals surface area (Å²) in [6, 6.07) is 1.83. The molecule has 0 fully saturated rings. The molecule has 18 heavy (non-hydrogen) atoms. The average molecular weight is 318 g/mol. The van der Waals surface area contributed by atoms with Crippen molar-refractivity contribution < 1.29 is 19.1 Å². The number of nitrogens with zero attached hydrogens (tertiary/aromatic N) is 1. The minimum atomic E-state index is -1.64. The summed E-state index contributed by atoms with van der Waals surface area (Å²) in [7, 11) is 0. The summed E-state index contributed by atoms with van der Waals surface area (Å²) in [5.41, 5.74) is -1.64. The summed E-state index contributed by atoms with van der Waals surface area (Å²) >= 11 is 3.10. The Morgan fingerprint density at radius 2 is 1.72 bits per heavy atom. The van der Waals surface area contributed by atoms with Gasteiger partial charge in [-0.05, 0) is 18.3 Å². The molecule has 0 spiro atoms. The molecule has 0 heterocycles. The van der Waals surface area contributed by atoms with Crippen LogP contribution in [-0.2, 0) is 19.1 Å². The van der Waals surface area contributed by atoms with Crippen molar-refractivity contribution in [2.45, 2.75) is 26.7 Å². The molecule has 0 bridgehead atoms. The maximum Gasteiger partial charge on any atom is 0.324 e. The van der Waals surface area contributed by atoms with E-state index in [1.54, 1.807) is 13.8 Å². The molecule has 0 radical (unpaired) electrons. The third kappa shape index (κ3) is 4.15. The van der Waals surface area contributed by atoms with E-state index in [4.69, 9.17) is 14.7 Å². The van der Waals surface area contributed by atoms with Crippen LogP contribution in [0.4, 0.5) is 0 Å². The fourth-order valence-electron chi connectivity index (χ4n) is 1.44. The van der Waals surface area contributed by atoms with Gasteiger partial charge in [0.1, 0.15) is 0 Å². The summed E-state index contributed by atoms with van der Waals surface area (Å²) in [5, 5.41) is 8.84. The Hall–Kier alpha value is -1.35. The van der Waals surface area contributed by atoms with E-state index in [-0.39, 0.29) is 26.1 Å². The lowest BCUT2D eigenvalue weighted by molar-refractivity contribution is -0.171. The van der Waals surface area contributed by atoms with Crippen molar-refractivity contribution in [3.8, 4) is 6.07 Å². The number of ether oxygens (including phenoxy) is 2. The third-order valence-electron chi connectivity index (χ3n) is 2.21. The largest absolute Gasteiger partial charge is 0.465 e. The Kier molecular flexibility index (Phi) is 7.29. The maximum absolute atomic E-state index is 12.0. The number of nitriles is 1. The molecule has 100 valence electrons. The highest BCUT2D eigenvalue weighted by atomic mass is 79.9. The van der Waals surface area contributed by atoms with Crippen LogP contribution in [0.25, 0.3) is 0 Å². The van der Waals surface area contributed by atoms with Gasteiger partial charge in [0, 0.05) is 6.42 Å². The second kappa shape index (κ2) is 7.88. The molecule has 0 aromatic rings. The summed E-state index contributed by atoms with van der Waals surface area (Å²) in [6.45, 7) is 7.11. The summed E-state index contributed by atoms with van der Waals surface area (Å²) in [5.74, 6) is -1.52. The highest BCUT2D eigenvalue weighted by Crippen LogP contribution is 2.35. The molecular weight excluding hydrogens is 302 g/mol. The quantitative estimate of drug-likeness (QED) is 0.532. The van der Waals surface area contributed by atoms with Gasteiger partial charge in [-0.25, -0.2) is 0 Å². The molecular formula is C12H16BrNO4. The third-order valence-corrected chi connectivity index (χ3v) is 2.49. The number of allylic oxidation sites excluding steroid dienone is 1. The molecule has 0 saturated carbocycles. The lowest BCUT2D eigenvalue weighted by atomic mass is 9.81. The topological polar surface area (TPSA) is 76.4 Å². The van der Waals surface area contributed by atoms with Crippen LogP contribution in [0.1, 0.15) is 26.7 Å². The number of halogens is 1. The smallest absolute Gasteiger partial charge is 0.324 e. The molecule has 0 aliphatic carbocycles. The maximum atomic E-state index is 12.0. The zero-order valence-corrected chi connectivity index (χ0v) is 12.1. The van der Waals surface area contributed by atoms with E-state index in [1.807, 2.05) is 6.07 Å². The van der Waals surface area contributed by atoms with E-state index >= 15 is 0 Å². The van der Waals surface area contributed by atoms with E-state index in [0.717, 1.165) is 0 Å². The molecule has 0 aromatic carbocycles. The number of hydrogen-bond acceptors (Lipinski definition) is 5. The van der Waals surface area contributed by atoms with Gasteiger partial charge < -0.3 is 9.47 Å². The molecule has 0 aromatic heterocycles. The molecule has 6 heteroatoms. The van der Waals surface area contributed by atoms with Crippen molar-refractivity contribution in [3.63, 3.8) is 0 Å². The van der Waals surface area contributed by atoms with E-state index in [0.29, 0.717) is 4.48 Å². The first-order valence-electron chi connectivity index (χ1n) is 5.49. The van der Waals surface area contributed by atoms with Gasteiger partial charge in [-0.15, -0.1) is 0 Å². The van der Waals surface area contributed by atoms with Crippen LogP contribution in [-0.4, -0.2) is 25.2 Å². The van der Waals surface area contributed by atoms with Crippen LogP contribution >= 0.6 is 15.9 Å². The Balaban J connectivity index is 5.41. The molecule has 0 rings (SSSR count). The fourth-order valence-corrected chi connectivity index (χ4v) is 1.91. The highest BCUT2D eigenvalue weighted by Gasteiger charge is 2.49. The Bertz CT molecular complexity index is 355. The molecule has 0 amide bonds. The standard InChI is InChI=1S/C12H16BrNO4/c1-4-17-10(15)12(6-7-14,8-9(3)13)11(16)18-5-2/h3-6,8H2,1-2H3. The van der Waals surface area contributed by atoms with Crippen molar-refractivity contribution in [2.75, 3.05) is 13.2 Å². The van der Waals surface area contributed by atoms with Gasteiger partial charge in [-0.3, -0.25) is 9.59 Å². The zero-order chi connectivity index (χ0) is 14.2. The first-order chi connectivity index (χ1) is 8.44. The van der Waals surface area contributed by atoms with Crippen molar-refractivity contribution >= 4 is 27.9 Å². The monoisotopic (exact) mass is 317 g/mol. The average Bonchev–Trinajstić information content (AvgIpc) is 2.28. The first kappa shape index (κ1) is 16.6. The van der Waals surface area contributed by atoms with E-state index in [2.05, 4.69) is 22.5 Å². The minimum Gasteiger partial charge on any atom is -0.465 e. The molecule has 0 unspecified atom stereocenters. The van der Waals surface area contributed by atoms with E-state index in [9.17, 15) is 9.59 Å². The van der Waals surface area contributed by atoms with Crippen LogP contribution in [0, 0.1) is 16.7 Å². The van der Waals surface area contributed by atoms with Crippen LogP contribution < -0.4 is 0 Å². The predicted molar refractivity (Wildman–Crippen MR) is 68.6 cm³/mol. The lowest BCUT2D eigenvalue weighted by Gasteiger charge is -2.26. The lowest BCUT2D eigenvalue weighted by Crippen LogP contribution is -2.42. The second-order valence-electron chi connectivity index (χ2n) is 3.55. The van der Waals surface area contributed by atoms with E-state index in [1.165, 1.54) is 0 Å². The molecule has 0 saturated heterocycles. The fraction of sp³-hybridized carbons (Fsp3) is 0.583. The normalized spacial score (nSPS) is 10.3. The van der Waals surface area contributed by atoms with Gasteiger partial charge in [0.05, 0.1) is 25.7 Å². The van der Waals surface area contributed by atoms with E-state index < -0.39 is 17.4 Å². The Morgan fingerprint density at radius 1 is 1.28 bits per heavy atom. The van der Waals surface area contributed by atoms with Crippen LogP contribution in [0.5, 0.6) is 0 Å².